The Morgan fingerprint density at radius 2 is 1.86 bits per heavy atom. The summed E-state index contributed by atoms with van der Waals surface area (Å²) in [7, 11) is -2.89. The molecule has 0 saturated carbocycles. The summed E-state index contributed by atoms with van der Waals surface area (Å²) in [5.41, 5.74) is 1.06. The molecule has 0 spiro atoms. The fraction of sp³-hybridized carbons (Fsp3) is 0.292. The summed E-state index contributed by atoms with van der Waals surface area (Å²) < 4.78 is 44.3. The maximum Gasteiger partial charge on any atom is 0.356 e. The summed E-state index contributed by atoms with van der Waals surface area (Å²) in [6, 6.07) is 12.7. The van der Waals surface area contributed by atoms with E-state index in [0.29, 0.717) is 21.2 Å². The van der Waals surface area contributed by atoms with E-state index in [1.807, 2.05) is 13.8 Å². The van der Waals surface area contributed by atoms with Crippen LogP contribution >= 0.6 is 0 Å². The van der Waals surface area contributed by atoms with Crippen molar-refractivity contribution >= 4 is 21.9 Å². The number of carbonyl (C=O) groups excluding carboxylic acids is 2. The number of amides is 1. The van der Waals surface area contributed by atoms with Crippen LogP contribution in [0.2, 0.25) is 0 Å². The average Bonchev–Trinajstić information content (AvgIpc) is 3.38. The van der Waals surface area contributed by atoms with Gasteiger partial charge in [0.2, 0.25) is 12.1 Å². The maximum absolute atomic E-state index is 13.7. The molecule has 0 radical (unpaired) electrons. The molecule has 3 aromatic rings. The second kappa shape index (κ2) is 9.41. The van der Waals surface area contributed by atoms with Gasteiger partial charge < -0.3 is 14.2 Å². The summed E-state index contributed by atoms with van der Waals surface area (Å²) in [6.45, 7) is 5.56. The molecule has 1 aliphatic heterocycles. The Balaban J connectivity index is 1.82. The van der Waals surface area contributed by atoms with E-state index >= 15 is 0 Å². The van der Waals surface area contributed by atoms with Gasteiger partial charge in [0, 0.05) is 17.7 Å². The van der Waals surface area contributed by atoms with E-state index in [-0.39, 0.29) is 34.6 Å². The first-order chi connectivity index (χ1) is 16.7. The van der Waals surface area contributed by atoms with Crippen molar-refractivity contribution < 1.29 is 32.2 Å². The van der Waals surface area contributed by atoms with Gasteiger partial charge in [-0.3, -0.25) is 9.89 Å². The maximum atomic E-state index is 13.7. The Labute approximate surface area is 202 Å². The van der Waals surface area contributed by atoms with Gasteiger partial charge in [0.1, 0.15) is 16.3 Å². The van der Waals surface area contributed by atoms with Gasteiger partial charge in [0.25, 0.3) is 15.9 Å². The fourth-order valence-electron chi connectivity index (χ4n) is 3.83. The van der Waals surface area contributed by atoms with Crippen LogP contribution in [-0.4, -0.2) is 48.5 Å². The number of hydrogen-bond donors (Lipinski definition) is 1. The first-order valence-electron chi connectivity index (χ1n) is 10.9. The topological polar surface area (TPSA) is 128 Å². The molecule has 1 N–H and O–H groups in total. The van der Waals surface area contributed by atoms with Crippen LogP contribution in [0.1, 0.15) is 64.9 Å². The van der Waals surface area contributed by atoms with Crippen LogP contribution in [0.25, 0.3) is 0 Å². The molecule has 1 aliphatic rings. The number of nitrogens with zero attached hydrogens (tertiary/aromatic N) is 2. The number of nitrogens with one attached hydrogen (secondary N) is 1. The van der Waals surface area contributed by atoms with E-state index in [9.17, 15) is 18.0 Å². The quantitative estimate of drug-likeness (QED) is 0.465. The largest absolute Gasteiger partial charge is 0.497 e. The number of sulfonamides is 1. The lowest BCUT2D eigenvalue weighted by Crippen LogP contribution is -2.37. The first-order valence-corrected chi connectivity index (χ1v) is 12.4. The molecule has 4 rings (SSSR count). The molecule has 2 heterocycles. The van der Waals surface area contributed by atoms with Crippen LogP contribution in [0.4, 0.5) is 0 Å². The first kappa shape index (κ1) is 24.3. The molecule has 35 heavy (non-hydrogen) atoms. The van der Waals surface area contributed by atoms with Gasteiger partial charge in [-0.25, -0.2) is 13.2 Å². The molecule has 184 valence electrons. The number of aromatic amines is 1. The standard InChI is InChI=1S/C24H25N3O7S/c1-5-33-24(29)18-13-20(26-25-18)34-23(15-9-7-6-8-10-15)27-22(28)21-17(14(2)3)11-16(32-4)12-19(21)35(27,30)31/h6-14,23H,5H2,1-4H3,(H,25,26). The molecule has 0 aliphatic carbocycles. The molecule has 1 amide bonds. The monoisotopic (exact) mass is 499 g/mol. The second-order valence-electron chi connectivity index (χ2n) is 8.07. The zero-order chi connectivity index (χ0) is 25.3. The Morgan fingerprint density at radius 1 is 1.14 bits per heavy atom. The number of ether oxygens (including phenoxy) is 3. The number of H-pyrrole nitrogens is 1. The van der Waals surface area contributed by atoms with E-state index in [1.54, 1.807) is 43.3 Å². The molecule has 0 bridgehead atoms. The number of methoxy groups -OCH3 is 1. The van der Waals surface area contributed by atoms with Crippen molar-refractivity contribution in [3.05, 3.63) is 70.9 Å². The van der Waals surface area contributed by atoms with Crippen molar-refractivity contribution in [2.24, 2.45) is 0 Å². The summed E-state index contributed by atoms with van der Waals surface area (Å²) in [5, 5.41) is 6.46. The molecule has 0 saturated heterocycles. The molecule has 1 atom stereocenters. The molecule has 10 nitrogen and oxygen atoms in total. The molecular formula is C24H25N3O7S. The summed E-state index contributed by atoms with van der Waals surface area (Å²) in [5.74, 6) is -1.26. The van der Waals surface area contributed by atoms with Crippen LogP contribution in [0.5, 0.6) is 11.6 Å². The zero-order valence-corrected chi connectivity index (χ0v) is 20.5. The third-order valence-electron chi connectivity index (χ3n) is 5.49. The normalized spacial score (nSPS) is 15.1. The van der Waals surface area contributed by atoms with Crippen molar-refractivity contribution in [3.63, 3.8) is 0 Å². The zero-order valence-electron chi connectivity index (χ0n) is 19.6. The second-order valence-corrected chi connectivity index (χ2v) is 9.86. The molecule has 2 aromatic carbocycles. The highest BCUT2D eigenvalue weighted by molar-refractivity contribution is 7.90. The fourth-order valence-corrected chi connectivity index (χ4v) is 5.50. The van der Waals surface area contributed by atoms with E-state index in [2.05, 4.69) is 10.2 Å². The molecule has 1 aromatic heterocycles. The Kier molecular flexibility index (Phi) is 6.53. The van der Waals surface area contributed by atoms with Crippen molar-refractivity contribution in [1.29, 1.82) is 0 Å². The number of hydrogen-bond acceptors (Lipinski definition) is 8. The number of rotatable bonds is 8. The van der Waals surface area contributed by atoms with E-state index in [0.717, 1.165) is 0 Å². The molecular weight excluding hydrogens is 474 g/mol. The van der Waals surface area contributed by atoms with Crippen LogP contribution in [-0.2, 0) is 14.8 Å². The number of fused-ring (bicyclic) bond motifs is 1. The van der Waals surface area contributed by atoms with Gasteiger partial charge in [0.05, 0.1) is 19.3 Å². The highest BCUT2D eigenvalue weighted by atomic mass is 32.2. The van der Waals surface area contributed by atoms with Crippen LogP contribution in [0.3, 0.4) is 0 Å². The minimum atomic E-state index is -4.32. The number of esters is 1. The van der Waals surface area contributed by atoms with Gasteiger partial charge in [-0.2, -0.15) is 4.31 Å². The van der Waals surface area contributed by atoms with Gasteiger partial charge in [-0.15, -0.1) is 5.10 Å². The van der Waals surface area contributed by atoms with Crippen LogP contribution in [0.15, 0.2) is 53.4 Å². The van der Waals surface area contributed by atoms with Gasteiger partial charge in [0.15, 0.2) is 0 Å². The summed E-state index contributed by atoms with van der Waals surface area (Å²) in [6.07, 6.45) is -1.38. The third-order valence-corrected chi connectivity index (χ3v) is 7.25. The van der Waals surface area contributed by atoms with Crippen LogP contribution in [0, 0.1) is 0 Å². The van der Waals surface area contributed by atoms with E-state index in [4.69, 9.17) is 14.2 Å². The molecule has 0 fully saturated rings. The number of aromatic nitrogens is 2. The summed E-state index contributed by atoms with van der Waals surface area (Å²) >= 11 is 0. The molecule has 11 heteroatoms. The van der Waals surface area contributed by atoms with Crippen molar-refractivity contribution in [2.75, 3.05) is 13.7 Å². The van der Waals surface area contributed by atoms with Crippen molar-refractivity contribution in [1.82, 2.24) is 14.5 Å². The van der Waals surface area contributed by atoms with Crippen molar-refractivity contribution in [3.8, 4) is 11.6 Å². The lowest BCUT2D eigenvalue weighted by Gasteiger charge is -2.26. The minimum absolute atomic E-state index is 0.0272. The smallest absolute Gasteiger partial charge is 0.356 e. The third kappa shape index (κ3) is 4.34. The van der Waals surface area contributed by atoms with E-state index < -0.39 is 28.1 Å². The predicted molar refractivity (Wildman–Crippen MR) is 125 cm³/mol. The lowest BCUT2D eigenvalue weighted by molar-refractivity contribution is 0.0511. The van der Waals surface area contributed by atoms with Crippen molar-refractivity contribution in [2.45, 2.75) is 37.8 Å². The number of benzene rings is 2. The van der Waals surface area contributed by atoms with Gasteiger partial charge >= 0.3 is 5.97 Å². The van der Waals surface area contributed by atoms with Gasteiger partial charge in [-0.1, -0.05) is 44.2 Å². The Morgan fingerprint density at radius 3 is 2.49 bits per heavy atom. The van der Waals surface area contributed by atoms with Crippen LogP contribution < -0.4 is 9.47 Å². The predicted octanol–water partition coefficient (Wildman–Crippen LogP) is 3.64. The summed E-state index contributed by atoms with van der Waals surface area (Å²) in [4.78, 5) is 25.5. The van der Waals surface area contributed by atoms with Gasteiger partial charge in [-0.05, 0) is 24.5 Å². The molecule has 1 unspecified atom stereocenters. The Bertz CT molecular complexity index is 1370. The number of carbonyl (C=O) groups is 2. The SMILES string of the molecule is CCOC(=O)c1cc(OC(c2ccccc2)N2C(=O)c3c(C(C)C)cc(OC)cc3S2(=O)=O)n[nH]1. The lowest BCUT2D eigenvalue weighted by atomic mass is 9.96. The highest BCUT2D eigenvalue weighted by Crippen LogP contribution is 2.42. The average molecular weight is 500 g/mol. The highest BCUT2D eigenvalue weighted by Gasteiger charge is 2.49. The van der Waals surface area contributed by atoms with E-state index in [1.165, 1.54) is 19.2 Å². The Hall–Kier alpha value is -3.86. The minimum Gasteiger partial charge on any atom is -0.497 e.